The average Bonchev–Trinajstić information content (AvgIpc) is 3.41. The Hall–Kier alpha value is -3.99. The topological polar surface area (TPSA) is 95.2 Å². The molecule has 0 unspecified atom stereocenters. The highest BCUT2D eigenvalue weighted by Crippen LogP contribution is 2.34. The molecule has 0 bridgehead atoms. The fourth-order valence-corrected chi connectivity index (χ4v) is 6.03. The minimum Gasteiger partial charge on any atom is -0.493 e. The van der Waals surface area contributed by atoms with Crippen LogP contribution in [0.25, 0.3) is 16.9 Å². The second kappa shape index (κ2) is 11.4. The van der Waals surface area contributed by atoms with Crippen molar-refractivity contribution in [3.05, 3.63) is 84.1 Å². The van der Waals surface area contributed by atoms with Gasteiger partial charge in [0.15, 0.2) is 11.5 Å². The zero-order valence-corrected chi connectivity index (χ0v) is 22.9. The van der Waals surface area contributed by atoms with Gasteiger partial charge in [-0.25, -0.2) is 13.1 Å². The number of rotatable bonds is 8. The third kappa shape index (κ3) is 5.58. The smallest absolute Gasteiger partial charge is 0.245 e. The van der Waals surface area contributed by atoms with Gasteiger partial charge in [0.2, 0.25) is 10.0 Å². The van der Waals surface area contributed by atoms with Crippen molar-refractivity contribution >= 4 is 21.9 Å². The highest BCUT2D eigenvalue weighted by atomic mass is 32.2. The van der Waals surface area contributed by atoms with Crippen molar-refractivity contribution in [3.63, 3.8) is 0 Å². The van der Waals surface area contributed by atoms with Crippen LogP contribution in [0.4, 0.5) is 5.69 Å². The van der Waals surface area contributed by atoms with Crippen LogP contribution < -0.4 is 9.47 Å². The molecule has 0 spiro atoms. The number of morpholine rings is 1. The first-order chi connectivity index (χ1) is 18.9. The molecule has 0 amide bonds. The van der Waals surface area contributed by atoms with Crippen LogP contribution in [0, 0.1) is 6.92 Å². The second-order valence-electron chi connectivity index (χ2n) is 9.03. The van der Waals surface area contributed by atoms with E-state index >= 15 is 0 Å². The fourth-order valence-electron chi connectivity index (χ4n) is 4.40. The molecular formula is C29H30N4O5S. The Labute approximate surface area is 228 Å². The molecule has 0 saturated carbocycles. The molecule has 202 valence electrons. The molecule has 0 aliphatic carbocycles. The number of para-hydroxylation sites is 1. The predicted molar refractivity (Wildman–Crippen MR) is 150 cm³/mol. The predicted octanol–water partition coefficient (Wildman–Crippen LogP) is 4.64. The zero-order chi connectivity index (χ0) is 27.4. The van der Waals surface area contributed by atoms with Gasteiger partial charge >= 0.3 is 0 Å². The van der Waals surface area contributed by atoms with Crippen molar-refractivity contribution in [3.8, 4) is 28.4 Å². The van der Waals surface area contributed by atoms with Gasteiger partial charge < -0.3 is 14.2 Å². The first-order valence-corrected chi connectivity index (χ1v) is 13.9. The minimum absolute atomic E-state index is 0.170. The number of nitrogens with zero attached hydrogens (tertiary/aromatic N) is 4. The normalized spacial score (nSPS) is 14.5. The van der Waals surface area contributed by atoms with Gasteiger partial charge in [0.05, 0.1) is 38.8 Å². The number of hydrogen-bond acceptors (Lipinski definition) is 7. The van der Waals surface area contributed by atoms with Gasteiger partial charge in [0.1, 0.15) is 10.6 Å². The van der Waals surface area contributed by atoms with Crippen LogP contribution in [0.2, 0.25) is 0 Å². The summed E-state index contributed by atoms with van der Waals surface area (Å²) in [6.07, 6.45) is 3.52. The zero-order valence-electron chi connectivity index (χ0n) is 22.1. The van der Waals surface area contributed by atoms with E-state index in [1.807, 2.05) is 67.7 Å². The Morgan fingerprint density at radius 3 is 2.41 bits per heavy atom. The Bertz CT molecular complexity index is 1590. The maximum Gasteiger partial charge on any atom is 0.245 e. The van der Waals surface area contributed by atoms with E-state index in [4.69, 9.17) is 19.3 Å². The number of aryl methyl sites for hydroxylation is 1. The van der Waals surface area contributed by atoms with Crippen molar-refractivity contribution in [2.45, 2.75) is 11.8 Å². The number of methoxy groups -OCH3 is 2. The van der Waals surface area contributed by atoms with Gasteiger partial charge in [-0.05, 0) is 55.0 Å². The standard InChI is InChI=1S/C29H30N4O5S/c1-21-9-11-25(28(17-21)39(34,35)32-13-15-38-16-14-32)30-19-23-20-33(24-7-5-4-6-8-24)31-29(23)22-10-12-26(36-2)27(18-22)37-3/h4-12,17-20H,13-16H2,1-3H3. The largest absolute Gasteiger partial charge is 0.493 e. The summed E-state index contributed by atoms with van der Waals surface area (Å²) in [6.45, 7) is 3.23. The van der Waals surface area contributed by atoms with E-state index in [1.165, 1.54) is 4.31 Å². The molecule has 1 aliphatic heterocycles. The Kier molecular flexibility index (Phi) is 7.78. The Morgan fingerprint density at radius 2 is 1.69 bits per heavy atom. The van der Waals surface area contributed by atoms with E-state index in [0.717, 1.165) is 16.8 Å². The van der Waals surface area contributed by atoms with Crippen LogP contribution in [0.3, 0.4) is 0 Å². The van der Waals surface area contributed by atoms with E-state index in [-0.39, 0.29) is 4.90 Å². The lowest BCUT2D eigenvalue weighted by atomic mass is 10.1. The summed E-state index contributed by atoms with van der Waals surface area (Å²) < 4.78 is 46.5. The van der Waals surface area contributed by atoms with Crippen molar-refractivity contribution in [2.24, 2.45) is 4.99 Å². The molecule has 39 heavy (non-hydrogen) atoms. The third-order valence-electron chi connectivity index (χ3n) is 6.47. The number of benzene rings is 3. The molecule has 1 fully saturated rings. The van der Waals surface area contributed by atoms with Gasteiger partial charge in [0, 0.05) is 36.6 Å². The summed E-state index contributed by atoms with van der Waals surface area (Å²) in [7, 11) is -0.577. The van der Waals surface area contributed by atoms with Crippen LogP contribution >= 0.6 is 0 Å². The molecule has 0 N–H and O–H groups in total. The minimum atomic E-state index is -3.75. The first kappa shape index (κ1) is 26.6. The van der Waals surface area contributed by atoms with E-state index in [0.29, 0.717) is 54.7 Å². The lowest BCUT2D eigenvalue weighted by Gasteiger charge is -2.26. The van der Waals surface area contributed by atoms with Crippen molar-refractivity contribution in [1.29, 1.82) is 0 Å². The van der Waals surface area contributed by atoms with E-state index in [9.17, 15) is 8.42 Å². The van der Waals surface area contributed by atoms with E-state index in [2.05, 4.69) is 4.99 Å². The molecule has 0 radical (unpaired) electrons. The Morgan fingerprint density at radius 1 is 0.949 bits per heavy atom. The maximum atomic E-state index is 13.5. The monoisotopic (exact) mass is 546 g/mol. The summed E-state index contributed by atoms with van der Waals surface area (Å²) >= 11 is 0. The first-order valence-electron chi connectivity index (χ1n) is 12.5. The number of aromatic nitrogens is 2. The summed E-state index contributed by atoms with van der Waals surface area (Å²) in [5.41, 5.74) is 4.25. The molecule has 1 aromatic heterocycles. The molecule has 4 aromatic rings. The van der Waals surface area contributed by atoms with Crippen molar-refractivity contribution in [2.75, 3.05) is 40.5 Å². The van der Waals surface area contributed by atoms with Crippen LogP contribution in [-0.4, -0.2) is 69.2 Å². The SMILES string of the molecule is COc1ccc(-c2nn(-c3ccccc3)cc2C=Nc2ccc(C)cc2S(=O)(=O)N2CCOCC2)cc1OC. The van der Waals surface area contributed by atoms with Crippen LogP contribution in [0.1, 0.15) is 11.1 Å². The molecule has 2 heterocycles. The number of hydrogen-bond donors (Lipinski definition) is 0. The van der Waals surface area contributed by atoms with E-state index < -0.39 is 10.0 Å². The van der Waals surface area contributed by atoms with Gasteiger partial charge in [-0.3, -0.25) is 4.99 Å². The molecule has 0 atom stereocenters. The summed E-state index contributed by atoms with van der Waals surface area (Å²) in [4.78, 5) is 4.85. The molecule has 3 aromatic carbocycles. The summed E-state index contributed by atoms with van der Waals surface area (Å²) in [5, 5.41) is 4.84. The number of ether oxygens (including phenoxy) is 3. The van der Waals surface area contributed by atoms with Crippen molar-refractivity contribution < 1.29 is 22.6 Å². The molecular weight excluding hydrogens is 516 g/mol. The highest BCUT2D eigenvalue weighted by Gasteiger charge is 2.28. The second-order valence-corrected chi connectivity index (χ2v) is 10.9. The molecule has 1 aliphatic rings. The molecule has 5 rings (SSSR count). The van der Waals surface area contributed by atoms with Crippen LogP contribution in [0.15, 0.2) is 82.8 Å². The average molecular weight is 547 g/mol. The van der Waals surface area contributed by atoms with Gasteiger partial charge in [0.25, 0.3) is 0 Å². The molecule has 10 heteroatoms. The van der Waals surface area contributed by atoms with Gasteiger partial charge in [-0.2, -0.15) is 9.40 Å². The van der Waals surface area contributed by atoms with E-state index in [1.54, 1.807) is 37.2 Å². The van der Waals surface area contributed by atoms with Crippen molar-refractivity contribution in [1.82, 2.24) is 14.1 Å². The lowest BCUT2D eigenvalue weighted by molar-refractivity contribution is 0.0730. The molecule has 1 saturated heterocycles. The highest BCUT2D eigenvalue weighted by molar-refractivity contribution is 7.89. The number of aliphatic imine (C=N–C) groups is 1. The van der Waals surface area contributed by atoms with Crippen LogP contribution in [-0.2, 0) is 14.8 Å². The van der Waals surface area contributed by atoms with Crippen LogP contribution in [0.5, 0.6) is 11.5 Å². The lowest BCUT2D eigenvalue weighted by Crippen LogP contribution is -2.40. The van der Waals surface area contributed by atoms with Gasteiger partial charge in [-0.1, -0.05) is 24.3 Å². The fraction of sp³-hybridized carbons (Fsp3) is 0.241. The summed E-state index contributed by atoms with van der Waals surface area (Å²) in [5.74, 6) is 1.18. The summed E-state index contributed by atoms with van der Waals surface area (Å²) in [6, 6.07) is 20.6. The quantitative estimate of drug-likeness (QED) is 0.299. The number of sulfonamides is 1. The molecule has 9 nitrogen and oxygen atoms in total. The Balaban J connectivity index is 1.59. The maximum absolute atomic E-state index is 13.5. The third-order valence-corrected chi connectivity index (χ3v) is 8.39. The van der Waals surface area contributed by atoms with Gasteiger partial charge in [-0.15, -0.1) is 0 Å².